The molecule has 1 unspecified atom stereocenters. The van der Waals surface area contributed by atoms with Crippen LogP contribution in [0.4, 0.5) is 5.69 Å². The first-order valence-electron chi connectivity index (χ1n) is 5.98. The molecule has 0 radical (unpaired) electrons. The summed E-state index contributed by atoms with van der Waals surface area (Å²) in [5, 5.41) is 20.6. The highest BCUT2D eigenvalue weighted by Crippen LogP contribution is 2.52. The third-order valence-electron chi connectivity index (χ3n) is 3.80. The molecule has 1 aromatic rings. The molecular weight excluding hydrogens is 234 g/mol. The van der Waals surface area contributed by atoms with Crippen LogP contribution in [0, 0.1) is 15.5 Å². The molecule has 1 N–H and O–H groups in total. The number of aliphatic hydroxyl groups is 1. The lowest BCUT2D eigenvalue weighted by Crippen LogP contribution is -2.20. The third kappa shape index (κ3) is 2.31. The predicted molar refractivity (Wildman–Crippen MR) is 66.7 cm³/mol. The van der Waals surface area contributed by atoms with Gasteiger partial charge in [-0.1, -0.05) is 0 Å². The average molecular weight is 251 g/mol. The first kappa shape index (κ1) is 12.8. The number of hydrogen-bond donors (Lipinski definition) is 1. The van der Waals surface area contributed by atoms with Crippen LogP contribution in [0.1, 0.15) is 25.3 Å². The number of ether oxygens (including phenoxy) is 1. The van der Waals surface area contributed by atoms with Crippen LogP contribution in [0.3, 0.4) is 0 Å². The molecule has 1 aliphatic carbocycles. The summed E-state index contributed by atoms with van der Waals surface area (Å²) in [5.74, 6) is 0.646. The van der Waals surface area contributed by atoms with Gasteiger partial charge in [0.2, 0.25) is 0 Å². The zero-order valence-electron chi connectivity index (χ0n) is 10.5. The second-order valence-corrected chi connectivity index (χ2v) is 4.97. The zero-order chi connectivity index (χ0) is 13.3. The molecular formula is C13H17NO4. The van der Waals surface area contributed by atoms with Crippen LogP contribution in [0.15, 0.2) is 18.2 Å². The van der Waals surface area contributed by atoms with Gasteiger partial charge in [-0.25, -0.2) is 0 Å². The van der Waals surface area contributed by atoms with E-state index in [1.165, 1.54) is 6.07 Å². The van der Waals surface area contributed by atoms with E-state index in [0.29, 0.717) is 12.2 Å². The second kappa shape index (κ2) is 4.57. The van der Waals surface area contributed by atoms with Gasteiger partial charge in [0.25, 0.3) is 5.69 Å². The molecule has 2 rings (SSSR count). The maximum Gasteiger partial charge on any atom is 0.269 e. The SMILES string of the molecule is COc1ccc([N+](=O)[O-])cc1CC1(C(C)O)CC1. The van der Waals surface area contributed by atoms with Crippen LogP contribution < -0.4 is 4.74 Å². The Morgan fingerprint density at radius 2 is 2.22 bits per heavy atom. The number of aliphatic hydroxyl groups excluding tert-OH is 1. The highest BCUT2D eigenvalue weighted by Gasteiger charge is 2.47. The van der Waals surface area contributed by atoms with Gasteiger partial charge in [-0.05, 0) is 32.3 Å². The Balaban J connectivity index is 2.30. The fourth-order valence-electron chi connectivity index (χ4n) is 2.30. The molecule has 0 amide bonds. The lowest BCUT2D eigenvalue weighted by Gasteiger charge is -2.19. The fourth-order valence-corrected chi connectivity index (χ4v) is 2.30. The minimum Gasteiger partial charge on any atom is -0.496 e. The molecule has 98 valence electrons. The number of benzene rings is 1. The van der Waals surface area contributed by atoms with Gasteiger partial charge in [-0.15, -0.1) is 0 Å². The summed E-state index contributed by atoms with van der Waals surface area (Å²) in [6, 6.07) is 4.59. The zero-order valence-corrected chi connectivity index (χ0v) is 10.5. The Bertz CT molecular complexity index is 466. The molecule has 1 fully saturated rings. The number of nitro benzene ring substituents is 1. The van der Waals surface area contributed by atoms with Crippen molar-refractivity contribution < 1.29 is 14.8 Å². The van der Waals surface area contributed by atoms with Crippen molar-refractivity contribution in [1.82, 2.24) is 0 Å². The number of nitro groups is 1. The van der Waals surface area contributed by atoms with Gasteiger partial charge in [0.1, 0.15) is 5.75 Å². The van der Waals surface area contributed by atoms with Crippen molar-refractivity contribution in [3.8, 4) is 5.75 Å². The highest BCUT2D eigenvalue weighted by atomic mass is 16.6. The van der Waals surface area contributed by atoms with E-state index in [1.54, 1.807) is 26.2 Å². The molecule has 0 aliphatic heterocycles. The summed E-state index contributed by atoms with van der Waals surface area (Å²) in [7, 11) is 1.55. The molecule has 0 spiro atoms. The summed E-state index contributed by atoms with van der Waals surface area (Å²) in [5.41, 5.74) is 0.736. The molecule has 0 heterocycles. The maximum atomic E-state index is 10.8. The predicted octanol–water partition coefficient (Wildman–Crippen LogP) is 2.31. The van der Waals surface area contributed by atoms with E-state index in [4.69, 9.17) is 4.74 Å². The van der Waals surface area contributed by atoms with E-state index in [0.717, 1.165) is 18.4 Å². The molecule has 0 aromatic heterocycles. The van der Waals surface area contributed by atoms with E-state index in [-0.39, 0.29) is 11.1 Å². The summed E-state index contributed by atoms with van der Waals surface area (Å²) in [6.07, 6.45) is 2.13. The normalized spacial score (nSPS) is 18.2. The Labute approximate surface area is 106 Å². The van der Waals surface area contributed by atoms with Crippen LogP contribution in [-0.2, 0) is 6.42 Å². The molecule has 1 aromatic carbocycles. The first-order valence-corrected chi connectivity index (χ1v) is 5.98. The van der Waals surface area contributed by atoms with E-state index in [2.05, 4.69) is 0 Å². The van der Waals surface area contributed by atoms with Crippen LogP contribution in [0.5, 0.6) is 5.75 Å². The van der Waals surface area contributed by atoms with Crippen molar-refractivity contribution >= 4 is 5.69 Å². The maximum absolute atomic E-state index is 10.8. The monoisotopic (exact) mass is 251 g/mol. The molecule has 5 nitrogen and oxygen atoms in total. The molecule has 1 saturated carbocycles. The quantitative estimate of drug-likeness (QED) is 0.643. The van der Waals surface area contributed by atoms with Crippen molar-refractivity contribution in [2.45, 2.75) is 32.3 Å². The largest absolute Gasteiger partial charge is 0.496 e. The highest BCUT2D eigenvalue weighted by molar-refractivity contribution is 5.44. The summed E-state index contributed by atoms with van der Waals surface area (Å²) in [4.78, 5) is 10.4. The number of non-ortho nitro benzene ring substituents is 1. The summed E-state index contributed by atoms with van der Waals surface area (Å²) in [6.45, 7) is 1.77. The van der Waals surface area contributed by atoms with Crippen LogP contribution in [0.25, 0.3) is 0 Å². The fraction of sp³-hybridized carbons (Fsp3) is 0.538. The lowest BCUT2D eigenvalue weighted by atomic mass is 9.91. The third-order valence-corrected chi connectivity index (χ3v) is 3.80. The van der Waals surface area contributed by atoms with Gasteiger partial charge in [0.15, 0.2) is 0 Å². The Morgan fingerprint density at radius 1 is 1.56 bits per heavy atom. The summed E-state index contributed by atoms with van der Waals surface area (Å²) >= 11 is 0. The van der Waals surface area contributed by atoms with Gasteiger partial charge >= 0.3 is 0 Å². The molecule has 1 atom stereocenters. The van der Waals surface area contributed by atoms with Crippen molar-refractivity contribution in [3.05, 3.63) is 33.9 Å². The molecule has 1 aliphatic rings. The van der Waals surface area contributed by atoms with Crippen molar-refractivity contribution in [1.29, 1.82) is 0 Å². The van der Waals surface area contributed by atoms with E-state index >= 15 is 0 Å². The number of hydrogen-bond acceptors (Lipinski definition) is 4. The lowest BCUT2D eigenvalue weighted by molar-refractivity contribution is -0.384. The Kier molecular flexibility index (Phi) is 3.26. The number of rotatable bonds is 5. The number of methoxy groups -OCH3 is 1. The number of nitrogens with zero attached hydrogens (tertiary/aromatic N) is 1. The smallest absolute Gasteiger partial charge is 0.269 e. The van der Waals surface area contributed by atoms with Gasteiger partial charge in [-0.2, -0.15) is 0 Å². The standard InChI is InChI=1S/C13H17NO4/c1-9(15)13(5-6-13)8-10-7-11(14(16)17)3-4-12(10)18-2/h3-4,7,9,15H,5-6,8H2,1-2H3. The molecule has 0 bridgehead atoms. The molecule has 0 saturated heterocycles. The van der Waals surface area contributed by atoms with Gasteiger partial charge in [-0.3, -0.25) is 10.1 Å². The average Bonchev–Trinajstić information content (AvgIpc) is 3.10. The van der Waals surface area contributed by atoms with Crippen LogP contribution in [0.2, 0.25) is 0 Å². The minimum atomic E-state index is -0.412. The van der Waals surface area contributed by atoms with Gasteiger partial charge in [0.05, 0.1) is 18.1 Å². The van der Waals surface area contributed by atoms with Gasteiger partial charge in [0, 0.05) is 23.1 Å². The first-order chi connectivity index (χ1) is 8.48. The Morgan fingerprint density at radius 3 is 2.67 bits per heavy atom. The Hall–Kier alpha value is -1.62. The summed E-state index contributed by atoms with van der Waals surface area (Å²) < 4.78 is 5.23. The second-order valence-electron chi connectivity index (χ2n) is 4.97. The van der Waals surface area contributed by atoms with Crippen molar-refractivity contribution in [3.63, 3.8) is 0 Å². The topological polar surface area (TPSA) is 72.6 Å². The van der Waals surface area contributed by atoms with E-state index < -0.39 is 11.0 Å². The van der Waals surface area contributed by atoms with Crippen molar-refractivity contribution in [2.75, 3.05) is 7.11 Å². The van der Waals surface area contributed by atoms with E-state index in [9.17, 15) is 15.2 Å². The van der Waals surface area contributed by atoms with Crippen molar-refractivity contribution in [2.24, 2.45) is 5.41 Å². The minimum absolute atomic E-state index is 0.0622. The molecule has 18 heavy (non-hydrogen) atoms. The van der Waals surface area contributed by atoms with E-state index in [1.807, 2.05) is 0 Å². The van der Waals surface area contributed by atoms with Crippen LogP contribution >= 0.6 is 0 Å². The van der Waals surface area contributed by atoms with Crippen LogP contribution in [-0.4, -0.2) is 23.2 Å². The van der Waals surface area contributed by atoms with Gasteiger partial charge < -0.3 is 9.84 Å². The molecule has 5 heteroatoms.